The molecule has 1 nitrogen and oxygen atoms in total. The largest absolute Gasteiger partial charge is 0.290 e. The maximum absolute atomic E-state index is 11.9. The van der Waals surface area contributed by atoms with Crippen LogP contribution in [-0.2, 0) is 4.79 Å². The minimum atomic E-state index is 0.0642. The van der Waals surface area contributed by atoms with Crippen LogP contribution in [0.4, 0.5) is 0 Å². The summed E-state index contributed by atoms with van der Waals surface area (Å²) in [5.41, 5.74) is 2.38. The van der Waals surface area contributed by atoms with Gasteiger partial charge in [0.1, 0.15) is 0 Å². The van der Waals surface area contributed by atoms with Gasteiger partial charge in [0.05, 0.1) is 0 Å². The Morgan fingerprint density at radius 3 is 2.27 bits per heavy atom. The van der Waals surface area contributed by atoms with Crippen molar-refractivity contribution in [3.63, 3.8) is 0 Å². The Morgan fingerprint density at radius 2 is 1.41 bits per heavy atom. The molecule has 0 heterocycles. The molecule has 0 saturated carbocycles. The van der Waals surface area contributed by atoms with E-state index in [-0.39, 0.29) is 5.78 Å². The van der Waals surface area contributed by atoms with Gasteiger partial charge in [0.2, 0.25) is 0 Å². The number of ketones is 1. The molecule has 1 heteroatoms. The predicted octanol–water partition coefficient (Wildman–Crippen LogP) is 2.65. The molecular weight excluding hydrogens is 268 g/mol. The molecule has 0 bridgehead atoms. The van der Waals surface area contributed by atoms with Crippen LogP contribution in [0, 0.1) is 10.4 Å². The number of carbonyl (C=O) groups is 1. The zero-order valence-corrected chi connectivity index (χ0v) is 11.8. The zero-order valence-electron chi connectivity index (χ0n) is 11.8. The molecule has 0 spiro atoms. The molecule has 0 N–H and O–H groups in total. The first-order valence-corrected chi connectivity index (χ1v) is 7.42. The Hall–Kier alpha value is -2.93. The molecule has 5 rings (SSSR count). The summed E-state index contributed by atoms with van der Waals surface area (Å²) in [5, 5.41) is 7.16. The molecule has 0 aromatic heterocycles. The van der Waals surface area contributed by atoms with Crippen LogP contribution in [0.2, 0.25) is 0 Å². The first-order valence-electron chi connectivity index (χ1n) is 7.42. The van der Waals surface area contributed by atoms with Crippen LogP contribution in [0.1, 0.15) is 11.1 Å². The summed E-state index contributed by atoms with van der Waals surface area (Å²) in [4.78, 5) is 11.9. The van der Waals surface area contributed by atoms with E-state index in [0.29, 0.717) is 0 Å². The molecule has 102 valence electrons. The molecule has 3 aromatic rings. The number of carbonyl (C=O) groups excluding carboxylic acids is 1. The lowest BCUT2D eigenvalue weighted by Gasteiger charge is -2.10. The van der Waals surface area contributed by atoms with Gasteiger partial charge in [-0.05, 0) is 67.1 Å². The first kappa shape index (κ1) is 11.7. The number of hydrogen-bond donors (Lipinski definition) is 0. The zero-order chi connectivity index (χ0) is 14.7. The van der Waals surface area contributed by atoms with Gasteiger partial charge in [0.25, 0.3) is 0 Å². The van der Waals surface area contributed by atoms with Gasteiger partial charge in [-0.3, -0.25) is 4.79 Å². The van der Waals surface area contributed by atoms with Crippen molar-refractivity contribution in [3.8, 4) is 0 Å². The summed E-state index contributed by atoms with van der Waals surface area (Å²) in [6.07, 6.45) is 7.63. The van der Waals surface area contributed by atoms with Gasteiger partial charge in [-0.2, -0.15) is 0 Å². The minimum Gasteiger partial charge on any atom is -0.290 e. The molecule has 3 aromatic carbocycles. The average molecular weight is 280 g/mol. The highest BCUT2D eigenvalue weighted by Crippen LogP contribution is 2.25. The summed E-state index contributed by atoms with van der Waals surface area (Å²) in [6.45, 7) is 0. The van der Waals surface area contributed by atoms with Crippen LogP contribution in [0.5, 0.6) is 0 Å². The van der Waals surface area contributed by atoms with Crippen molar-refractivity contribution in [3.05, 3.63) is 86.6 Å². The van der Waals surface area contributed by atoms with E-state index in [2.05, 4.69) is 54.6 Å². The van der Waals surface area contributed by atoms with Crippen LogP contribution >= 0.6 is 0 Å². The summed E-state index contributed by atoms with van der Waals surface area (Å²) < 4.78 is 0. The number of hydrogen-bond acceptors (Lipinski definition) is 1. The van der Waals surface area contributed by atoms with Crippen molar-refractivity contribution in [1.29, 1.82) is 0 Å². The fourth-order valence-corrected chi connectivity index (χ4v) is 3.64. The Labute approximate surface area is 126 Å². The summed E-state index contributed by atoms with van der Waals surface area (Å²) in [7, 11) is 0. The van der Waals surface area contributed by atoms with Gasteiger partial charge in [-0.1, -0.05) is 48.5 Å². The second-order valence-electron chi connectivity index (χ2n) is 5.77. The first-order chi connectivity index (χ1) is 10.8. The molecule has 2 aliphatic rings. The van der Waals surface area contributed by atoms with Crippen LogP contribution in [-0.4, -0.2) is 5.78 Å². The third-order valence-corrected chi connectivity index (χ3v) is 4.57. The highest BCUT2D eigenvalue weighted by atomic mass is 16.1. The van der Waals surface area contributed by atoms with Crippen molar-refractivity contribution < 1.29 is 4.79 Å². The summed E-state index contributed by atoms with van der Waals surface area (Å²) in [5.74, 6) is 0.0642. The van der Waals surface area contributed by atoms with E-state index in [9.17, 15) is 4.79 Å². The molecular formula is C21H12O. The van der Waals surface area contributed by atoms with Gasteiger partial charge in [0, 0.05) is 0 Å². The molecule has 0 atom stereocenters. The third-order valence-electron chi connectivity index (χ3n) is 4.57. The molecule has 0 radical (unpaired) electrons. The smallest absolute Gasteiger partial charge is 0.179 e. The van der Waals surface area contributed by atoms with Gasteiger partial charge in [-0.25, -0.2) is 0 Å². The van der Waals surface area contributed by atoms with Crippen molar-refractivity contribution in [1.82, 2.24) is 0 Å². The van der Waals surface area contributed by atoms with Gasteiger partial charge in [0.15, 0.2) is 5.78 Å². The second-order valence-corrected chi connectivity index (χ2v) is 5.77. The summed E-state index contributed by atoms with van der Waals surface area (Å²) >= 11 is 0. The molecule has 0 aliphatic heterocycles. The van der Waals surface area contributed by atoms with E-state index >= 15 is 0 Å². The highest BCUT2D eigenvalue weighted by Gasteiger charge is 2.14. The molecule has 0 fully saturated rings. The fourth-order valence-electron chi connectivity index (χ4n) is 3.64. The van der Waals surface area contributed by atoms with E-state index < -0.39 is 0 Å². The number of rotatable bonds is 0. The fraction of sp³-hybridized carbons (Fsp3) is 0. The third kappa shape index (κ3) is 1.40. The van der Waals surface area contributed by atoms with E-state index in [0.717, 1.165) is 10.8 Å². The molecule has 2 aliphatic carbocycles. The standard InChI is InChI=1S/C21H12O/c22-14-9-10-18-16-7-3-4-8-17(16)19-11-13-5-1-2-6-15(13)21(19)20(18)12-14/h1-12H. The second kappa shape index (κ2) is 4.05. The van der Waals surface area contributed by atoms with E-state index in [4.69, 9.17) is 0 Å². The van der Waals surface area contributed by atoms with Gasteiger partial charge < -0.3 is 0 Å². The van der Waals surface area contributed by atoms with Crippen molar-refractivity contribution in [2.24, 2.45) is 0 Å². The lowest BCUT2D eigenvalue weighted by atomic mass is 9.92. The maximum atomic E-state index is 11.9. The number of allylic oxidation sites excluding steroid dienone is 1. The number of benzene rings is 3. The van der Waals surface area contributed by atoms with E-state index in [1.54, 1.807) is 12.2 Å². The summed E-state index contributed by atoms with van der Waals surface area (Å²) in [6, 6.07) is 16.8. The lowest BCUT2D eigenvalue weighted by Crippen LogP contribution is -2.16. The van der Waals surface area contributed by atoms with E-state index in [1.165, 1.54) is 32.0 Å². The monoisotopic (exact) mass is 280 g/mol. The van der Waals surface area contributed by atoms with Crippen LogP contribution in [0.25, 0.3) is 29.0 Å². The van der Waals surface area contributed by atoms with Crippen LogP contribution in [0.3, 0.4) is 0 Å². The minimum absolute atomic E-state index is 0.0642. The van der Waals surface area contributed by atoms with Crippen LogP contribution < -0.4 is 10.4 Å². The van der Waals surface area contributed by atoms with Crippen molar-refractivity contribution in [2.45, 2.75) is 0 Å². The highest BCUT2D eigenvalue weighted by molar-refractivity contribution is 6.18. The molecule has 0 unspecified atom stereocenters. The topological polar surface area (TPSA) is 17.1 Å². The quantitative estimate of drug-likeness (QED) is 0.484. The average Bonchev–Trinajstić information content (AvgIpc) is 2.95. The molecule has 22 heavy (non-hydrogen) atoms. The predicted molar refractivity (Wildman–Crippen MR) is 89.4 cm³/mol. The van der Waals surface area contributed by atoms with Gasteiger partial charge in [-0.15, -0.1) is 0 Å². The van der Waals surface area contributed by atoms with Crippen LogP contribution in [0.15, 0.2) is 54.6 Å². The molecule has 0 saturated heterocycles. The molecule has 0 amide bonds. The van der Waals surface area contributed by atoms with Crippen molar-refractivity contribution >= 4 is 34.8 Å². The SMILES string of the molecule is O=C1C=Cc2c(c3c(c4ccccc24)C=c2ccccc2=3)=C1. The van der Waals surface area contributed by atoms with E-state index in [1.807, 2.05) is 6.08 Å². The lowest BCUT2D eigenvalue weighted by molar-refractivity contribution is -0.109. The Morgan fingerprint density at radius 1 is 0.682 bits per heavy atom. The Balaban J connectivity index is 2.23. The number of fused-ring (bicyclic) bond motifs is 7. The Bertz CT molecular complexity index is 1230. The Kier molecular flexibility index (Phi) is 2.15. The maximum Gasteiger partial charge on any atom is 0.179 e. The van der Waals surface area contributed by atoms with Gasteiger partial charge >= 0.3 is 0 Å². The van der Waals surface area contributed by atoms with Crippen molar-refractivity contribution in [2.75, 3.05) is 0 Å². The normalized spacial score (nSPS) is 14.1.